The summed E-state index contributed by atoms with van der Waals surface area (Å²) in [5.41, 5.74) is 1.03. The van der Waals surface area contributed by atoms with Crippen molar-refractivity contribution < 1.29 is 13.2 Å². The number of carbonyl (C=O) groups is 1. The van der Waals surface area contributed by atoms with Gasteiger partial charge in [0, 0.05) is 25.9 Å². The molecular weight excluding hydrogens is 262 g/mol. The molecular formula is C14H19NO3S. The molecule has 0 aromatic heterocycles. The highest BCUT2D eigenvalue weighted by molar-refractivity contribution is 7.89. The minimum Gasteiger partial charge on any atom is -0.300 e. The molecule has 19 heavy (non-hydrogen) atoms. The van der Waals surface area contributed by atoms with Crippen LogP contribution in [0.2, 0.25) is 0 Å². The molecule has 0 heterocycles. The Hall–Kier alpha value is -1.20. The van der Waals surface area contributed by atoms with Crippen molar-refractivity contribution >= 4 is 15.8 Å². The average molecular weight is 281 g/mol. The van der Waals surface area contributed by atoms with Gasteiger partial charge >= 0.3 is 0 Å². The zero-order valence-electron chi connectivity index (χ0n) is 11.3. The summed E-state index contributed by atoms with van der Waals surface area (Å²) >= 11 is 0. The molecule has 1 saturated carbocycles. The van der Waals surface area contributed by atoms with E-state index in [1.165, 1.54) is 4.31 Å². The van der Waals surface area contributed by atoms with E-state index in [0.29, 0.717) is 30.6 Å². The van der Waals surface area contributed by atoms with Gasteiger partial charge in [-0.15, -0.1) is 0 Å². The number of sulfonamides is 1. The van der Waals surface area contributed by atoms with Crippen LogP contribution in [0.4, 0.5) is 0 Å². The third-order valence-corrected chi connectivity index (χ3v) is 5.65. The van der Waals surface area contributed by atoms with Gasteiger partial charge in [0.05, 0.1) is 4.90 Å². The molecule has 0 unspecified atom stereocenters. The van der Waals surface area contributed by atoms with E-state index in [4.69, 9.17) is 0 Å². The Balaban J connectivity index is 2.19. The smallest absolute Gasteiger partial charge is 0.243 e. The van der Waals surface area contributed by atoms with Crippen molar-refractivity contribution in [3.63, 3.8) is 0 Å². The van der Waals surface area contributed by atoms with E-state index >= 15 is 0 Å². The van der Waals surface area contributed by atoms with E-state index in [9.17, 15) is 13.2 Å². The normalized spacial score (nSPS) is 17.9. The van der Waals surface area contributed by atoms with Crippen LogP contribution >= 0.6 is 0 Å². The Labute approximate surface area is 114 Å². The van der Waals surface area contributed by atoms with Gasteiger partial charge in [-0.25, -0.2) is 8.42 Å². The van der Waals surface area contributed by atoms with Crippen molar-refractivity contribution in [2.45, 2.75) is 43.5 Å². The van der Waals surface area contributed by atoms with E-state index in [1.807, 2.05) is 6.92 Å². The lowest BCUT2D eigenvalue weighted by molar-refractivity contribution is -0.120. The van der Waals surface area contributed by atoms with Crippen LogP contribution in [-0.2, 0) is 14.8 Å². The number of ketones is 1. The van der Waals surface area contributed by atoms with Gasteiger partial charge in [0.25, 0.3) is 0 Å². The maximum absolute atomic E-state index is 12.5. The monoisotopic (exact) mass is 281 g/mol. The Morgan fingerprint density at radius 2 is 1.63 bits per heavy atom. The van der Waals surface area contributed by atoms with Gasteiger partial charge in [0.2, 0.25) is 10.0 Å². The lowest BCUT2D eigenvalue weighted by Crippen LogP contribution is -2.39. The predicted molar refractivity (Wildman–Crippen MR) is 73.4 cm³/mol. The molecule has 4 nitrogen and oxygen atoms in total. The molecule has 104 valence electrons. The number of benzene rings is 1. The van der Waals surface area contributed by atoms with Crippen molar-refractivity contribution in [2.75, 3.05) is 7.05 Å². The molecule has 0 N–H and O–H groups in total. The topological polar surface area (TPSA) is 54.5 Å². The molecule has 0 spiro atoms. The molecule has 1 aliphatic carbocycles. The molecule has 0 atom stereocenters. The fourth-order valence-electron chi connectivity index (χ4n) is 2.36. The predicted octanol–water partition coefficient (Wildman–Crippen LogP) is 2.13. The third-order valence-electron chi connectivity index (χ3n) is 3.72. The Bertz CT molecular complexity index is 553. The number of aryl methyl sites for hydroxylation is 1. The summed E-state index contributed by atoms with van der Waals surface area (Å²) in [4.78, 5) is 11.5. The minimum absolute atomic E-state index is 0.0657. The SMILES string of the molecule is Cc1ccc(S(=O)(=O)N(C)C2CCC(=O)CC2)cc1. The van der Waals surface area contributed by atoms with E-state index < -0.39 is 10.0 Å². The first-order valence-corrected chi connectivity index (χ1v) is 7.91. The summed E-state index contributed by atoms with van der Waals surface area (Å²) in [6.45, 7) is 1.92. The van der Waals surface area contributed by atoms with Gasteiger partial charge in [0.15, 0.2) is 0 Å². The Kier molecular flexibility index (Phi) is 4.06. The van der Waals surface area contributed by atoms with Crippen LogP contribution in [0.15, 0.2) is 29.2 Å². The molecule has 1 aromatic carbocycles. The van der Waals surface area contributed by atoms with Gasteiger partial charge in [-0.05, 0) is 31.9 Å². The standard InChI is InChI=1S/C14H19NO3S/c1-11-3-9-14(10-4-11)19(17,18)15(2)12-5-7-13(16)8-6-12/h3-4,9-10,12H,5-8H2,1-2H3. The summed E-state index contributed by atoms with van der Waals surface area (Å²) in [6.07, 6.45) is 2.22. The van der Waals surface area contributed by atoms with E-state index in [1.54, 1.807) is 31.3 Å². The van der Waals surface area contributed by atoms with E-state index in [0.717, 1.165) is 5.56 Å². The zero-order valence-corrected chi connectivity index (χ0v) is 12.1. The molecule has 0 bridgehead atoms. The van der Waals surface area contributed by atoms with Gasteiger partial charge < -0.3 is 0 Å². The molecule has 5 heteroatoms. The molecule has 0 amide bonds. The lowest BCUT2D eigenvalue weighted by atomic mass is 9.95. The van der Waals surface area contributed by atoms with Crippen LogP contribution in [0.5, 0.6) is 0 Å². The molecule has 2 rings (SSSR count). The van der Waals surface area contributed by atoms with Crippen LogP contribution in [0.25, 0.3) is 0 Å². The Morgan fingerprint density at radius 1 is 1.11 bits per heavy atom. The average Bonchev–Trinajstić information content (AvgIpc) is 2.39. The van der Waals surface area contributed by atoms with Gasteiger partial charge in [-0.1, -0.05) is 17.7 Å². The largest absolute Gasteiger partial charge is 0.300 e. The number of carbonyl (C=O) groups excluding carboxylic acids is 1. The fraction of sp³-hybridized carbons (Fsp3) is 0.500. The first kappa shape index (κ1) is 14.2. The summed E-state index contributed by atoms with van der Waals surface area (Å²) in [5.74, 6) is 0.234. The van der Waals surface area contributed by atoms with Crippen molar-refractivity contribution in [1.29, 1.82) is 0 Å². The minimum atomic E-state index is -3.45. The van der Waals surface area contributed by atoms with Crippen LogP contribution in [0.3, 0.4) is 0 Å². The van der Waals surface area contributed by atoms with Gasteiger partial charge in [0.1, 0.15) is 5.78 Å². The second-order valence-electron chi connectivity index (χ2n) is 5.10. The first-order valence-electron chi connectivity index (χ1n) is 6.47. The van der Waals surface area contributed by atoms with Crippen LogP contribution in [0, 0.1) is 6.92 Å². The fourth-order valence-corrected chi connectivity index (χ4v) is 3.78. The number of Topliss-reactive ketones (excluding diaryl/α,β-unsaturated/α-hetero) is 1. The van der Waals surface area contributed by atoms with E-state index in [2.05, 4.69) is 0 Å². The number of hydrogen-bond donors (Lipinski definition) is 0. The van der Waals surface area contributed by atoms with Crippen LogP contribution in [0.1, 0.15) is 31.2 Å². The summed E-state index contributed by atoms with van der Waals surface area (Å²) < 4.78 is 26.4. The maximum Gasteiger partial charge on any atom is 0.243 e. The molecule has 1 fully saturated rings. The quantitative estimate of drug-likeness (QED) is 0.853. The van der Waals surface area contributed by atoms with Crippen molar-refractivity contribution in [2.24, 2.45) is 0 Å². The zero-order chi connectivity index (χ0) is 14.0. The maximum atomic E-state index is 12.5. The highest BCUT2D eigenvalue weighted by atomic mass is 32.2. The molecule has 0 saturated heterocycles. The molecule has 1 aliphatic rings. The molecule has 0 radical (unpaired) electrons. The van der Waals surface area contributed by atoms with Crippen molar-refractivity contribution in [3.8, 4) is 0 Å². The highest BCUT2D eigenvalue weighted by Crippen LogP contribution is 2.25. The summed E-state index contributed by atoms with van der Waals surface area (Å²) in [6, 6.07) is 6.80. The van der Waals surface area contributed by atoms with Crippen molar-refractivity contribution in [1.82, 2.24) is 4.31 Å². The van der Waals surface area contributed by atoms with Crippen molar-refractivity contribution in [3.05, 3.63) is 29.8 Å². The summed E-state index contributed by atoms with van der Waals surface area (Å²) in [7, 11) is -1.84. The Morgan fingerprint density at radius 3 is 2.16 bits per heavy atom. The second-order valence-corrected chi connectivity index (χ2v) is 7.10. The lowest BCUT2D eigenvalue weighted by Gasteiger charge is -2.29. The number of hydrogen-bond acceptors (Lipinski definition) is 3. The highest BCUT2D eigenvalue weighted by Gasteiger charge is 2.30. The summed E-state index contributed by atoms with van der Waals surface area (Å²) in [5, 5.41) is 0. The van der Waals surface area contributed by atoms with Gasteiger partial charge in [-0.3, -0.25) is 4.79 Å². The third kappa shape index (κ3) is 3.04. The molecule has 1 aromatic rings. The van der Waals surface area contributed by atoms with Gasteiger partial charge in [-0.2, -0.15) is 4.31 Å². The van der Waals surface area contributed by atoms with Crippen LogP contribution < -0.4 is 0 Å². The second kappa shape index (κ2) is 5.43. The van der Waals surface area contributed by atoms with E-state index in [-0.39, 0.29) is 11.8 Å². The van der Waals surface area contributed by atoms with Crippen LogP contribution in [-0.4, -0.2) is 31.6 Å². The number of nitrogens with zero attached hydrogens (tertiary/aromatic N) is 1. The first-order chi connectivity index (χ1) is 8.91. The number of rotatable bonds is 3. The molecule has 0 aliphatic heterocycles.